The van der Waals surface area contributed by atoms with E-state index >= 15 is 0 Å². The number of nitrogens with one attached hydrogen (secondary N) is 1. The highest BCUT2D eigenvalue weighted by atomic mass is 32.2. The Hall–Kier alpha value is -3.58. The Bertz CT molecular complexity index is 1360. The smallest absolute Gasteiger partial charge is 0.328 e. The van der Waals surface area contributed by atoms with Crippen LogP contribution in [0.4, 0.5) is 0 Å². The molecule has 188 valence electrons. The SMILES string of the molecule is COC(=O)[C@]1(Cc2ccccc2)N[C@H](c2ccccc2)N(S(=O)c2ccc(C)cc2)[C@@H]1c1ccccc1. The van der Waals surface area contributed by atoms with Crippen LogP contribution in [0.5, 0.6) is 0 Å². The fourth-order valence-corrected chi connectivity index (χ4v) is 6.61. The zero-order valence-electron chi connectivity index (χ0n) is 20.9. The summed E-state index contributed by atoms with van der Waals surface area (Å²) in [7, 11) is -0.176. The van der Waals surface area contributed by atoms with E-state index < -0.39 is 34.7 Å². The van der Waals surface area contributed by atoms with Gasteiger partial charge in [-0.25, -0.2) is 9.00 Å². The lowest BCUT2D eigenvalue weighted by atomic mass is 9.81. The summed E-state index contributed by atoms with van der Waals surface area (Å²) in [5.74, 6) is -0.394. The van der Waals surface area contributed by atoms with Crippen LogP contribution in [0.15, 0.2) is 120 Å². The Labute approximate surface area is 220 Å². The van der Waals surface area contributed by atoms with Crippen LogP contribution in [0, 0.1) is 6.92 Å². The number of carbonyl (C=O) groups is 1. The monoisotopic (exact) mass is 510 g/mol. The summed E-state index contributed by atoms with van der Waals surface area (Å²) in [6, 6.07) is 36.7. The van der Waals surface area contributed by atoms with Gasteiger partial charge in [-0.15, -0.1) is 0 Å². The minimum Gasteiger partial charge on any atom is -0.468 e. The van der Waals surface area contributed by atoms with Gasteiger partial charge in [0.1, 0.15) is 16.5 Å². The molecular weight excluding hydrogens is 480 g/mol. The van der Waals surface area contributed by atoms with Crippen molar-refractivity contribution in [1.82, 2.24) is 9.62 Å². The first-order valence-electron chi connectivity index (χ1n) is 12.3. The number of hydrogen-bond donors (Lipinski definition) is 1. The first-order valence-corrected chi connectivity index (χ1v) is 13.4. The molecule has 0 amide bonds. The first kappa shape index (κ1) is 25.1. The molecule has 37 heavy (non-hydrogen) atoms. The summed E-state index contributed by atoms with van der Waals surface area (Å²) in [6.45, 7) is 2.01. The van der Waals surface area contributed by atoms with Gasteiger partial charge in [0, 0.05) is 6.42 Å². The van der Waals surface area contributed by atoms with Crippen LogP contribution < -0.4 is 5.32 Å². The van der Waals surface area contributed by atoms with E-state index in [0.29, 0.717) is 11.3 Å². The van der Waals surface area contributed by atoms with Crippen LogP contribution in [0.25, 0.3) is 0 Å². The third-order valence-electron chi connectivity index (χ3n) is 6.89. The Morgan fingerprint density at radius 2 is 1.38 bits per heavy atom. The van der Waals surface area contributed by atoms with Gasteiger partial charge in [-0.05, 0) is 35.7 Å². The topological polar surface area (TPSA) is 58.6 Å². The number of methoxy groups -OCH3 is 1. The lowest BCUT2D eigenvalue weighted by Gasteiger charge is -2.35. The first-order chi connectivity index (χ1) is 18.0. The molecule has 1 N–H and O–H groups in total. The van der Waals surface area contributed by atoms with Gasteiger partial charge in [-0.3, -0.25) is 5.32 Å². The number of ether oxygens (including phenoxy) is 1. The van der Waals surface area contributed by atoms with Gasteiger partial charge in [-0.1, -0.05) is 109 Å². The van der Waals surface area contributed by atoms with Crippen molar-refractivity contribution in [2.75, 3.05) is 7.11 Å². The minimum absolute atomic E-state index is 0.366. The van der Waals surface area contributed by atoms with E-state index in [1.54, 1.807) is 0 Å². The zero-order chi connectivity index (χ0) is 25.8. The maximum absolute atomic E-state index is 14.4. The molecule has 1 aliphatic rings. The standard InChI is InChI=1S/C31H30N2O3S/c1-23-18-20-27(21-19-23)37(35)33-28(25-14-8-4-9-15-25)31(30(34)36-2,22-24-12-6-3-7-13-24)32-29(33)26-16-10-5-11-17-26/h3-21,28-29,32H,22H2,1-2H3/t28-,29+,31-,37?/m1/s1. The van der Waals surface area contributed by atoms with E-state index in [1.807, 2.05) is 126 Å². The molecule has 4 aromatic carbocycles. The fraction of sp³-hybridized carbons (Fsp3) is 0.194. The van der Waals surface area contributed by atoms with Crippen molar-refractivity contribution in [3.8, 4) is 0 Å². The molecule has 0 aliphatic carbocycles. The van der Waals surface area contributed by atoms with Crippen molar-refractivity contribution in [3.63, 3.8) is 0 Å². The number of hydrogen-bond acceptors (Lipinski definition) is 4. The number of aryl methyl sites for hydroxylation is 1. The number of esters is 1. The van der Waals surface area contributed by atoms with Crippen molar-refractivity contribution in [3.05, 3.63) is 138 Å². The van der Waals surface area contributed by atoms with Crippen LogP contribution in [0.2, 0.25) is 0 Å². The van der Waals surface area contributed by atoms with Gasteiger partial charge >= 0.3 is 5.97 Å². The summed E-state index contributed by atoms with van der Waals surface area (Å²) >= 11 is 0. The van der Waals surface area contributed by atoms with Crippen molar-refractivity contribution in [2.24, 2.45) is 0 Å². The molecule has 6 heteroatoms. The van der Waals surface area contributed by atoms with Crippen molar-refractivity contribution in [1.29, 1.82) is 0 Å². The van der Waals surface area contributed by atoms with E-state index in [9.17, 15) is 9.00 Å². The number of rotatable bonds is 7. The van der Waals surface area contributed by atoms with Gasteiger partial charge in [-0.2, -0.15) is 4.31 Å². The Kier molecular flexibility index (Phi) is 7.33. The molecule has 4 aromatic rings. The maximum atomic E-state index is 14.4. The van der Waals surface area contributed by atoms with E-state index in [2.05, 4.69) is 5.32 Å². The van der Waals surface area contributed by atoms with Gasteiger partial charge in [0.05, 0.1) is 24.2 Å². The minimum atomic E-state index is -1.59. The largest absolute Gasteiger partial charge is 0.468 e. The third kappa shape index (κ3) is 4.88. The predicted molar refractivity (Wildman–Crippen MR) is 146 cm³/mol. The molecule has 1 heterocycles. The molecule has 1 saturated heterocycles. The number of benzene rings is 4. The van der Waals surface area contributed by atoms with Crippen LogP contribution in [-0.2, 0) is 26.9 Å². The van der Waals surface area contributed by atoms with Gasteiger partial charge < -0.3 is 4.74 Å². The second kappa shape index (κ2) is 10.8. The number of nitrogens with zero attached hydrogens (tertiary/aromatic N) is 1. The van der Waals surface area contributed by atoms with Gasteiger partial charge in [0.15, 0.2) is 0 Å². The highest BCUT2D eigenvalue weighted by molar-refractivity contribution is 7.82. The average Bonchev–Trinajstić information content (AvgIpc) is 3.30. The summed E-state index contributed by atoms with van der Waals surface area (Å²) in [5.41, 5.74) is 2.68. The second-order valence-corrected chi connectivity index (χ2v) is 10.7. The third-order valence-corrected chi connectivity index (χ3v) is 8.37. The summed E-state index contributed by atoms with van der Waals surface area (Å²) < 4.78 is 21.8. The molecule has 0 aromatic heterocycles. The number of carbonyl (C=O) groups excluding carboxylic acids is 1. The van der Waals surface area contributed by atoms with Gasteiger partial charge in [0.2, 0.25) is 0 Å². The van der Waals surface area contributed by atoms with Crippen molar-refractivity contribution < 1.29 is 13.7 Å². The molecule has 1 unspecified atom stereocenters. The molecule has 0 spiro atoms. The molecule has 0 radical (unpaired) electrons. The highest BCUT2D eigenvalue weighted by Gasteiger charge is 2.60. The van der Waals surface area contributed by atoms with Crippen LogP contribution in [0.1, 0.15) is 34.5 Å². The Balaban J connectivity index is 1.74. The van der Waals surface area contributed by atoms with Gasteiger partial charge in [0.25, 0.3) is 0 Å². The lowest BCUT2D eigenvalue weighted by molar-refractivity contribution is -0.149. The van der Waals surface area contributed by atoms with Crippen LogP contribution >= 0.6 is 0 Å². The maximum Gasteiger partial charge on any atom is 0.328 e. The van der Waals surface area contributed by atoms with Crippen molar-refractivity contribution in [2.45, 2.75) is 36.0 Å². The fourth-order valence-electron chi connectivity index (χ4n) is 5.14. The normalized spacial score (nSPS) is 22.4. The average molecular weight is 511 g/mol. The molecule has 0 bridgehead atoms. The Morgan fingerprint density at radius 1 is 0.838 bits per heavy atom. The molecule has 5 rings (SSSR count). The van der Waals surface area contributed by atoms with E-state index in [4.69, 9.17) is 4.74 Å². The summed E-state index contributed by atoms with van der Waals surface area (Å²) in [6.07, 6.45) is -0.137. The van der Waals surface area contributed by atoms with E-state index in [1.165, 1.54) is 7.11 Å². The Morgan fingerprint density at radius 3 is 1.95 bits per heavy atom. The van der Waals surface area contributed by atoms with Crippen molar-refractivity contribution >= 4 is 17.0 Å². The molecule has 0 saturated carbocycles. The zero-order valence-corrected chi connectivity index (χ0v) is 21.7. The molecule has 1 aliphatic heterocycles. The molecule has 5 nitrogen and oxygen atoms in total. The highest BCUT2D eigenvalue weighted by Crippen LogP contribution is 2.48. The molecular formula is C31H30N2O3S. The molecule has 1 fully saturated rings. The second-order valence-electron chi connectivity index (χ2n) is 9.32. The van der Waals surface area contributed by atoms with E-state index in [-0.39, 0.29) is 0 Å². The quantitative estimate of drug-likeness (QED) is 0.333. The summed E-state index contributed by atoms with van der Waals surface area (Å²) in [4.78, 5) is 14.5. The lowest BCUT2D eigenvalue weighted by Crippen LogP contribution is -2.54. The predicted octanol–water partition coefficient (Wildman–Crippen LogP) is 5.52. The summed E-state index contributed by atoms with van der Waals surface area (Å²) in [5, 5.41) is 3.64. The van der Waals surface area contributed by atoms with Crippen LogP contribution in [-0.4, -0.2) is 27.1 Å². The van der Waals surface area contributed by atoms with Crippen LogP contribution in [0.3, 0.4) is 0 Å². The van der Waals surface area contributed by atoms with E-state index in [0.717, 1.165) is 22.3 Å². The molecule has 4 atom stereocenters.